The minimum Gasteiger partial charge on any atom is -0.497 e. The normalized spacial score (nSPS) is 10.1. The van der Waals surface area contributed by atoms with Gasteiger partial charge in [-0.15, -0.1) is 10.2 Å². The molecule has 2 aromatic heterocycles. The second-order valence-corrected chi connectivity index (χ2v) is 5.59. The molecule has 3 N–H and O–H groups in total. The van der Waals surface area contributed by atoms with Crippen molar-refractivity contribution in [3.05, 3.63) is 66.5 Å². The predicted octanol–water partition coefficient (Wildman–Crippen LogP) is 2.47. The number of ether oxygens (including phenoxy) is 1. The highest BCUT2D eigenvalue weighted by Gasteiger charge is 2.06. The molecule has 0 radical (unpaired) electrons. The number of amides is 1. The minimum absolute atomic E-state index is 0.155. The van der Waals surface area contributed by atoms with Crippen LogP contribution >= 0.6 is 0 Å². The van der Waals surface area contributed by atoms with Crippen molar-refractivity contribution in [3.63, 3.8) is 0 Å². The summed E-state index contributed by atoms with van der Waals surface area (Å²) in [6.45, 7) is 0.979. The molecule has 0 fully saturated rings. The van der Waals surface area contributed by atoms with Crippen molar-refractivity contribution in [2.45, 2.75) is 0 Å². The first-order valence-electron chi connectivity index (χ1n) is 8.41. The monoisotopic (exact) mass is 364 g/mol. The van der Waals surface area contributed by atoms with Gasteiger partial charge in [0.05, 0.1) is 19.0 Å². The standard InChI is InChI=1S/C19H20N6O2/c1-27-16-6-2-4-14(12-16)19(26)22-11-10-21-17-7-8-18(25-24-17)23-15-5-3-9-20-13-15/h2-9,12-13H,10-11H2,1H3,(H,21,24)(H,22,26)(H,23,25). The zero-order chi connectivity index (χ0) is 18.9. The third-order valence-corrected chi connectivity index (χ3v) is 3.65. The summed E-state index contributed by atoms with van der Waals surface area (Å²) in [5.41, 5.74) is 1.40. The molecular formula is C19H20N6O2. The van der Waals surface area contributed by atoms with Gasteiger partial charge in [-0.25, -0.2) is 0 Å². The van der Waals surface area contributed by atoms with Crippen LogP contribution in [0.3, 0.4) is 0 Å². The molecule has 0 bridgehead atoms. The molecule has 3 aromatic rings. The van der Waals surface area contributed by atoms with Gasteiger partial charge in [-0.2, -0.15) is 0 Å². The molecule has 0 aliphatic carbocycles. The fraction of sp³-hybridized carbons (Fsp3) is 0.158. The van der Waals surface area contributed by atoms with Crippen molar-refractivity contribution >= 4 is 23.2 Å². The first-order valence-corrected chi connectivity index (χ1v) is 8.41. The van der Waals surface area contributed by atoms with Gasteiger partial charge in [-0.05, 0) is 42.5 Å². The van der Waals surface area contributed by atoms with Gasteiger partial charge in [0.2, 0.25) is 0 Å². The number of pyridine rings is 1. The lowest BCUT2D eigenvalue weighted by Crippen LogP contribution is -2.28. The summed E-state index contributed by atoms with van der Waals surface area (Å²) < 4.78 is 5.12. The van der Waals surface area contributed by atoms with E-state index in [-0.39, 0.29) is 5.91 Å². The van der Waals surface area contributed by atoms with E-state index in [1.807, 2.05) is 24.3 Å². The van der Waals surface area contributed by atoms with Gasteiger partial charge >= 0.3 is 0 Å². The van der Waals surface area contributed by atoms with Gasteiger partial charge in [-0.3, -0.25) is 9.78 Å². The van der Waals surface area contributed by atoms with Crippen molar-refractivity contribution in [2.24, 2.45) is 0 Å². The molecule has 0 saturated carbocycles. The molecule has 2 heterocycles. The number of aromatic nitrogens is 3. The lowest BCUT2D eigenvalue weighted by atomic mass is 10.2. The molecule has 0 unspecified atom stereocenters. The Balaban J connectivity index is 1.43. The highest BCUT2D eigenvalue weighted by Crippen LogP contribution is 2.13. The van der Waals surface area contributed by atoms with Crippen LogP contribution in [0.4, 0.5) is 17.3 Å². The zero-order valence-electron chi connectivity index (χ0n) is 14.8. The van der Waals surface area contributed by atoms with Crippen molar-refractivity contribution in [3.8, 4) is 5.75 Å². The average Bonchev–Trinajstić information content (AvgIpc) is 2.73. The molecule has 1 aromatic carbocycles. The van der Waals surface area contributed by atoms with E-state index >= 15 is 0 Å². The number of hydrogen-bond acceptors (Lipinski definition) is 7. The van der Waals surface area contributed by atoms with Crippen LogP contribution in [0.1, 0.15) is 10.4 Å². The average molecular weight is 364 g/mol. The molecule has 0 aliphatic rings. The van der Waals surface area contributed by atoms with Gasteiger partial charge in [-0.1, -0.05) is 6.07 Å². The number of carbonyl (C=O) groups excluding carboxylic acids is 1. The number of nitrogens with one attached hydrogen (secondary N) is 3. The van der Waals surface area contributed by atoms with E-state index < -0.39 is 0 Å². The SMILES string of the molecule is COc1cccc(C(=O)NCCNc2ccc(Nc3cccnc3)nn2)c1. The number of benzene rings is 1. The molecular weight excluding hydrogens is 344 g/mol. The van der Waals surface area contributed by atoms with Gasteiger partial charge in [0.25, 0.3) is 5.91 Å². The Hall–Kier alpha value is -3.68. The first-order chi connectivity index (χ1) is 13.2. The molecule has 8 nitrogen and oxygen atoms in total. The quantitative estimate of drug-likeness (QED) is 0.528. The summed E-state index contributed by atoms with van der Waals surface area (Å²) in [6, 6.07) is 14.4. The van der Waals surface area contributed by atoms with Crippen LogP contribution in [0.5, 0.6) is 5.75 Å². The number of rotatable bonds is 8. The van der Waals surface area contributed by atoms with Crippen LogP contribution in [-0.2, 0) is 0 Å². The van der Waals surface area contributed by atoms with Crippen LogP contribution in [0.2, 0.25) is 0 Å². The van der Waals surface area contributed by atoms with Gasteiger partial charge < -0.3 is 20.7 Å². The fourth-order valence-electron chi connectivity index (χ4n) is 2.31. The zero-order valence-corrected chi connectivity index (χ0v) is 14.8. The van der Waals surface area contributed by atoms with Crippen LogP contribution < -0.4 is 20.7 Å². The van der Waals surface area contributed by atoms with E-state index in [4.69, 9.17) is 4.74 Å². The van der Waals surface area contributed by atoms with E-state index in [0.717, 1.165) is 5.69 Å². The van der Waals surface area contributed by atoms with Crippen molar-refractivity contribution < 1.29 is 9.53 Å². The Morgan fingerprint density at radius 2 is 1.89 bits per heavy atom. The highest BCUT2D eigenvalue weighted by atomic mass is 16.5. The Morgan fingerprint density at radius 1 is 1.04 bits per heavy atom. The topological polar surface area (TPSA) is 101 Å². The molecule has 1 amide bonds. The lowest BCUT2D eigenvalue weighted by Gasteiger charge is -2.09. The van der Waals surface area contributed by atoms with Crippen molar-refractivity contribution in [1.82, 2.24) is 20.5 Å². The number of carbonyl (C=O) groups is 1. The Labute approximate surface area is 157 Å². The number of methoxy groups -OCH3 is 1. The van der Waals surface area contributed by atoms with Crippen molar-refractivity contribution in [1.29, 1.82) is 0 Å². The van der Waals surface area contributed by atoms with E-state index in [2.05, 4.69) is 31.1 Å². The number of nitrogens with zero attached hydrogens (tertiary/aromatic N) is 3. The molecule has 0 saturated heterocycles. The molecule has 0 spiro atoms. The molecule has 8 heteroatoms. The number of anilines is 3. The summed E-state index contributed by atoms with van der Waals surface area (Å²) in [5.74, 6) is 1.75. The van der Waals surface area contributed by atoms with E-state index in [1.165, 1.54) is 0 Å². The summed E-state index contributed by atoms with van der Waals surface area (Å²) in [4.78, 5) is 16.1. The maximum Gasteiger partial charge on any atom is 0.251 e. The Morgan fingerprint density at radius 3 is 2.63 bits per heavy atom. The van der Waals surface area contributed by atoms with Crippen LogP contribution in [-0.4, -0.2) is 41.3 Å². The van der Waals surface area contributed by atoms with E-state index in [0.29, 0.717) is 36.0 Å². The summed E-state index contributed by atoms with van der Waals surface area (Å²) in [6.07, 6.45) is 3.41. The van der Waals surface area contributed by atoms with Gasteiger partial charge in [0.15, 0.2) is 5.82 Å². The van der Waals surface area contributed by atoms with Crippen LogP contribution in [0, 0.1) is 0 Å². The second kappa shape index (κ2) is 9.14. The first kappa shape index (κ1) is 18.1. The molecule has 0 aliphatic heterocycles. The van der Waals surface area contributed by atoms with Crippen molar-refractivity contribution in [2.75, 3.05) is 30.8 Å². The predicted molar refractivity (Wildman–Crippen MR) is 103 cm³/mol. The van der Waals surface area contributed by atoms with E-state index in [1.54, 1.807) is 43.8 Å². The fourth-order valence-corrected chi connectivity index (χ4v) is 2.31. The molecule has 0 atom stereocenters. The van der Waals surface area contributed by atoms with E-state index in [9.17, 15) is 4.79 Å². The maximum absolute atomic E-state index is 12.1. The van der Waals surface area contributed by atoms with Gasteiger partial charge in [0.1, 0.15) is 11.6 Å². The largest absolute Gasteiger partial charge is 0.497 e. The third kappa shape index (κ3) is 5.40. The molecule has 3 rings (SSSR count). The van der Waals surface area contributed by atoms with Gasteiger partial charge in [0, 0.05) is 24.8 Å². The maximum atomic E-state index is 12.1. The van der Waals surface area contributed by atoms with Crippen LogP contribution in [0.25, 0.3) is 0 Å². The lowest BCUT2D eigenvalue weighted by molar-refractivity contribution is 0.0955. The minimum atomic E-state index is -0.155. The Bertz CT molecular complexity index is 871. The summed E-state index contributed by atoms with van der Waals surface area (Å²) in [5, 5.41) is 17.3. The summed E-state index contributed by atoms with van der Waals surface area (Å²) >= 11 is 0. The van der Waals surface area contributed by atoms with Crippen LogP contribution in [0.15, 0.2) is 60.9 Å². The molecule has 138 valence electrons. The molecule has 27 heavy (non-hydrogen) atoms. The number of hydrogen-bond donors (Lipinski definition) is 3. The highest BCUT2D eigenvalue weighted by molar-refractivity contribution is 5.94. The Kier molecular flexibility index (Phi) is 6.13. The summed E-state index contributed by atoms with van der Waals surface area (Å²) in [7, 11) is 1.57. The second-order valence-electron chi connectivity index (χ2n) is 5.59. The third-order valence-electron chi connectivity index (χ3n) is 3.65. The smallest absolute Gasteiger partial charge is 0.251 e.